The lowest BCUT2D eigenvalue weighted by atomic mass is 10.1. The van der Waals surface area contributed by atoms with Gasteiger partial charge in [0.05, 0.1) is 4.92 Å². The molecule has 0 unspecified atom stereocenters. The Balaban J connectivity index is 2.10. The van der Waals surface area contributed by atoms with Gasteiger partial charge >= 0.3 is 0 Å². The Bertz CT molecular complexity index is 686. The summed E-state index contributed by atoms with van der Waals surface area (Å²) < 4.78 is 0.786. The number of carbonyl (C=O) groups is 1. The molecule has 2 aromatic rings. The molecule has 0 aliphatic rings. The lowest BCUT2D eigenvalue weighted by molar-refractivity contribution is -0.385. The van der Waals surface area contributed by atoms with Crippen LogP contribution in [0.2, 0.25) is 0 Å². The molecule has 6 nitrogen and oxygen atoms in total. The fourth-order valence-electron chi connectivity index (χ4n) is 1.84. The minimum Gasteiger partial charge on any atom is -0.347 e. The van der Waals surface area contributed by atoms with Gasteiger partial charge in [-0.1, -0.05) is 12.1 Å². The molecule has 1 N–H and O–H groups in total. The zero-order chi connectivity index (χ0) is 15.4. The number of aromatic nitrogens is 1. The minimum absolute atomic E-state index is 0.0449. The first-order valence-corrected chi connectivity index (χ1v) is 6.91. The van der Waals surface area contributed by atoms with Crippen LogP contribution in [0.5, 0.6) is 0 Å². The number of hydrogen-bond donors (Lipinski definition) is 1. The number of benzene rings is 1. The van der Waals surface area contributed by atoms with E-state index in [0.717, 1.165) is 4.47 Å². The number of amides is 1. The van der Waals surface area contributed by atoms with Crippen molar-refractivity contribution in [3.05, 3.63) is 67.9 Å². The van der Waals surface area contributed by atoms with Crippen molar-refractivity contribution in [3.63, 3.8) is 0 Å². The fraction of sp³-hybridized carbons (Fsp3) is 0.143. The topological polar surface area (TPSA) is 85.1 Å². The molecular formula is C14H12BrN3O3. The van der Waals surface area contributed by atoms with Gasteiger partial charge in [-0.3, -0.25) is 14.9 Å². The number of halogens is 1. The molecule has 2 rings (SSSR count). The van der Waals surface area contributed by atoms with Crippen molar-refractivity contribution in [2.75, 3.05) is 0 Å². The maximum atomic E-state index is 11.9. The molecule has 0 bridgehead atoms. The highest BCUT2D eigenvalue weighted by Crippen LogP contribution is 2.20. The first-order valence-electron chi connectivity index (χ1n) is 6.11. The molecule has 0 spiro atoms. The zero-order valence-corrected chi connectivity index (χ0v) is 12.8. The zero-order valence-electron chi connectivity index (χ0n) is 11.2. The molecule has 0 saturated carbocycles. The largest absolute Gasteiger partial charge is 0.347 e. The van der Waals surface area contributed by atoms with E-state index < -0.39 is 4.92 Å². The summed E-state index contributed by atoms with van der Waals surface area (Å²) in [6.45, 7) is 1.88. The fourth-order valence-corrected chi connectivity index (χ4v) is 2.07. The van der Waals surface area contributed by atoms with Crippen LogP contribution in [0.3, 0.4) is 0 Å². The maximum absolute atomic E-state index is 11.9. The number of hydrogen-bond acceptors (Lipinski definition) is 4. The molecule has 1 amide bonds. The summed E-state index contributed by atoms with van der Waals surface area (Å²) in [5.74, 6) is -0.326. The van der Waals surface area contributed by atoms with Gasteiger partial charge in [0, 0.05) is 28.8 Å². The van der Waals surface area contributed by atoms with E-state index in [2.05, 4.69) is 26.2 Å². The number of pyridine rings is 1. The maximum Gasteiger partial charge on any atom is 0.272 e. The summed E-state index contributed by atoms with van der Waals surface area (Å²) in [7, 11) is 0. The Morgan fingerprint density at radius 2 is 2.14 bits per heavy atom. The highest BCUT2D eigenvalue weighted by Gasteiger charge is 2.14. The van der Waals surface area contributed by atoms with E-state index in [0.29, 0.717) is 16.8 Å². The van der Waals surface area contributed by atoms with Gasteiger partial charge in [0.1, 0.15) is 5.69 Å². The van der Waals surface area contributed by atoms with Gasteiger partial charge in [-0.15, -0.1) is 0 Å². The van der Waals surface area contributed by atoms with E-state index in [-0.39, 0.29) is 18.1 Å². The predicted molar refractivity (Wildman–Crippen MR) is 80.9 cm³/mol. The van der Waals surface area contributed by atoms with Crippen molar-refractivity contribution < 1.29 is 9.72 Å². The Morgan fingerprint density at radius 3 is 2.76 bits per heavy atom. The van der Waals surface area contributed by atoms with E-state index in [1.54, 1.807) is 31.2 Å². The van der Waals surface area contributed by atoms with Gasteiger partial charge in [-0.25, -0.2) is 4.98 Å². The van der Waals surface area contributed by atoms with E-state index in [4.69, 9.17) is 0 Å². The average molecular weight is 350 g/mol. The van der Waals surface area contributed by atoms with E-state index in [1.807, 2.05) is 0 Å². The molecule has 0 saturated heterocycles. The van der Waals surface area contributed by atoms with Crippen LogP contribution >= 0.6 is 15.9 Å². The number of nitrogens with zero attached hydrogens (tertiary/aromatic N) is 2. The van der Waals surface area contributed by atoms with E-state index >= 15 is 0 Å². The number of carbonyl (C=O) groups excluding carboxylic acids is 1. The van der Waals surface area contributed by atoms with E-state index in [1.165, 1.54) is 12.3 Å². The summed E-state index contributed by atoms with van der Waals surface area (Å²) in [6.07, 6.45) is 1.54. The summed E-state index contributed by atoms with van der Waals surface area (Å²) in [5, 5.41) is 13.6. The third-order valence-electron chi connectivity index (χ3n) is 3.01. The van der Waals surface area contributed by atoms with Crippen LogP contribution < -0.4 is 5.32 Å². The Kier molecular flexibility index (Phi) is 4.64. The van der Waals surface area contributed by atoms with Crippen LogP contribution in [0.4, 0.5) is 5.69 Å². The number of nitro groups is 1. The summed E-state index contributed by atoms with van der Waals surface area (Å²) >= 11 is 3.24. The van der Waals surface area contributed by atoms with Gasteiger partial charge in [-0.2, -0.15) is 0 Å². The second-order valence-corrected chi connectivity index (χ2v) is 5.28. The Labute approximate surface area is 129 Å². The quantitative estimate of drug-likeness (QED) is 0.679. The highest BCUT2D eigenvalue weighted by molar-refractivity contribution is 9.10. The smallest absolute Gasteiger partial charge is 0.272 e. The van der Waals surface area contributed by atoms with Gasteiger partial charge < -0.3 is 5.32 Å². The highest BCUT2D eigenvalue weighted by atomic mass is 79.9. The minimum atomic E-state index is -0.434. The van der Waals surface area contributed by atoms with Crippen molar-refractivity contribution in [2.24, 2.45) is 0 Å². The van der Waals surface area contributed by atoms with E-state index in [9.17, 15) is 14.9 Å². The lowest BCUT2D eigenvalue weighted by Gasteiger charge is -2.08. The van der Waals surface area contributed by atoms with Crippen molar-refractivity contribution in [1.82, 2.24) is 10.3 Å². The molecule has 7 heteroatoms. The second kappa shape index (κ2) is 6.45. The van der Waals surface area contributed by atoms with Crippen LogP contribution in [-0.4, -0.2) is 15.8 Å². The third kappa shape index (κ3) is 3.63. The first kappa shape index (κ1) is 15.1. The lowest BCUT2D eigenvalue weighted by Crippen LogP contribution is -2.24. The molecule has 1 heterocycles. The Morgan fingerprint density at radius 1 is 1.38 bits per heavy atom. The molecule has 0 aliphatic carbocycles. The van der Waals surface area contributed by atoms with Crippen LogP contribution in [0, 0.1) is 17.0 Å². The van der Waals surface area contributed by atoms with Crippen LogP contribution in [0.1, 0.15) is 21.6 Å². The second-order valence-electron chi connectivity index (χ2n) is 4.36. The van der Waals surface area contributed by atoms with Gasteiger partial charge in [0.2, 0.25) is 0 Å². The molecule has 21 heavy (non-hydrogen) atoms. The summed E-state index contributed by atoms with van der Waals surface area (Å²) in [5.41, 5.74) is 1.59. The van der Waals surface area contributed by atoms with Gasteiger partial charge in [0.15, 0.2) is 0 Å². The van der Waals surface area contributed by atoms with Gasteiger partial charge in [0.25, 0.3) is 11.6 Å². The number of rotatable bonds is 4. The van der Waals surface area contributed by atoms with Crippen molar-refractivity contribution in [3.8, 4) is 0 Å². The molecule has 1 aromatic carbocycles. The Hall–Kier alpha value is -2.28. The van der Waals surface area contributed by atoms with Crippen LogP contribution in [0.25, 0.3) is 0 Å². The van der Waals surface area contributed by atoms with Crippen molar-refractivity contribution >= 4 is 27.5 Å². The average Bonchev–Trinajstić information content (AvgIpc) is 2.46. The molecular weight excluding hydrogens is 338 g/mol. The van der Waals surface area contributed by atoms with Crippen LogP contribution in [-0.2, 0) is 6.54 Å². The molecule has 0 atom stereocenters. The molecule has 0 fully saturated rings. The normalized spacial score (nSPS) is 10.2. The number of nitro benzene ring substituents is 1. The molecule has 0 aliphatic heterocycles. The first-order chi connectivity index (χ1) is 9.99. The number of nitrogens with one attached hydrogen (secondary N) is 1. The summed E-state index contributed by atoms with van der Waals surface area (Å²) in [4.78, 5) is 26.4. The molecule has 108 valence electrons. The molecule has 0 radical (unpaired) electrons. The monoisotopic (exact) mass is 349 g/mol. The van der Waals surface area contributed by atoms with Crippen LogP contribution in [0.15, 0.2) is 41.0 Å². The molecule has 1 aromatic heterocycles. The van der Waals surface area contributed by atoms with Crippen molar-refractivity contribution in [1.29, 1.82) is 0 Å². The predicted octanol–water partition coefficient (Wildman–Crippen LogP) is 2.99. The standard InChI is InChI=1S/C14H12BrN3O3/c1-9-10(3-2-4-13(9)18(20)21)7-17-14(19)12-6-5-11(15)8-16-12/h2-6,8H,7H2,1H3,(H,17,19). The van der Waals surface area contributed by atoms with Crippen molar-refractivity contribution in [2.45, 2.75) is 13.5 Å². The van der Waals surface area contributed by atoms with Gasteiger partial charge in [-0.05, 0) is 40.5 Å². The summed E-state index contributed by atoms with van der Waals surface area (Å²) in [6, 6.07) is 8.11. The SMILES string of the molecule is Cc1c(CNC(=O)c2ccc(Br)cn2)cccc1[N+](=O)[O-]. The third-order valence-corrected chi connectivity index (χ3v) is 3.48.